The third kappa shape index (κ3) is 9.77. The van der Waals surface area contributed by atoms with Gasteiger partial charge in [0.2, 0.25) is 0 Å². The molecule has 39 heavy (non-hydrogen) atoms. The van der Waals surface area contributed by atoms with Gasteiger partial charge in [-0.1, -0.05) is 44.0 Å². The third-order valence-corrected chi connectivity index (χ3v) is 5.17. The maximum absolute atomic E-state index is 13.1. The zero-order valence-corrected chi connectivity index (χ0v) is 24.1. The van der Waals surface area contributed by atoms with Crippen molar-refractivity contribution in [2.45, 2.75) is 20.3 Å². The molecule has 2 aromatic heterocycles. The Hall–Kier alpha value is -3.83. The highest BCUT2D eigenvalue weighted by Crippen LogP contribution is 2.29. The van der Waals surface area contributed by atoms with Gasteiger partial charge in [0, 0.05) is 22.8 Å². The lowest BCUT2D eigenvalue weighted by atomic mass is 10.1. The fraction of sp³-hybridized carbons (Fsp3) is 0.250. The second-order valence-corrected chi connectivity index (χ2v) is 8.66. The number of ether oxygens (including phenoxy) is 2. The summed E-state index contributed by atoms with van der Waals surface area (Å²) < 4.78 is 14.2. The van der Waals surface area contributed by atoms with E-state index in [1.54, 1.807) is 23.8 Å². The minimum absolute atomic E-state index is 0.180. The Kier molecular flexibility index (Phi) is 15.0. The van der Waals surface area contributed by atoms with Gasteiger partial charge in [-0.15, -0.1) is 22.1 Å². The van der Waals surface area contributed by atoms with E-state index in [0.29, 0.717) is 34.3 Å². The zero-order chi connectivity index (χ0) is 29.4. The lowest BCUT2D eigenvalue weighted by Crippen LogP contribution is -2.21. The van der Waals surface area contributed by atoms with E-state index >= 15 is 0 Å². The van der Waals surface area contributed by atoms with Gasteiger partial charge in [0.05, 0.1) is 25.9 Å². The van der Waals surface area contributed by atoms with Crippen molar-refractivity contribution in [3.8, 4) is 41.2 Å². The van der Waals surface area contributed by atoms with Crippen LogP contribution in [-0.4, -0.2) is 51.7 Å². The third-order valence-electron chi connectivity index (χ3n) is 4.68. The molecule has 0 radical (unpaired) electrons. The van der Waals surface area contributed by atoms with Crippen LogP contribution >= 0.6 is 20.8 Å². The molecule has 1 unspecified atom stereocenters. The number of benzene rings is 2. The Labute approximate surface area is 235 Å². The SMILES string of the molecule is C#C.CCC.COc1cc(-n2cnn3cc(-c4ccc(Cl)cc4)cc3c2=O)ccc1OCCP.NCC(=O)O. The Balaban J connectivity index is 0.000000663. The van der Waals surface area contributed by atoms with Crippen molar-refractivity contribution in [3.63, 3.8) is 0 Å². The number of rotatable bonds is 7. The summed E-state index contributed by atoms with van der Waals surface area (Å²) in [6, 6.07) is 14.6. The molecule has 0 bridgehead atoms. The number of nitrogens with zero attached hydrogens (tertiary/aromatic N) is 3. The van der Waals surface area contributed by atoms with Crippen LogP contribution in [0.4, 0.5) is 0 Å². The molecule has 9 nitrogen and oxygen atoms in total. The summed E-state index contributed by atoms with van der Waals surface area (Å²) in [7, 11) is 4.18. The summed E-state index contributed by atoms with van der Waals surface area (Å²) in [6.07, 6.45) is 13.4. The average molecular weight is 573 g/mol. The van der Waals surface area contributed by atoms with Crippen LogP contribution in [0, 0.1) is 12.8 Å². The molecular weight excluding hydrogens is 539 g/mol. The number of aliphatic carboxylic acids is 1. The van der Waals surface area contributed by atoms with E-state index in [-0.39, 0.29) is 12.1 Å². The van der Waals surface area contributed by atoms with Crippen molar-refractivity contribution in [1.29, 1.82) is 0 Å². The normalized spacial score (nSPS) is 9.64. The molecule has 0 amide bonds. The first-order chi connectivity index (χ1) is 18.8. The van der Waals surface area contributed by atoms with Crippen LogP contribution in [-0.2, 0) is 4.79 Å². The molecule has 0 spiro atoms. The number of hydrogen-bond donors (Lipinski definition) is 2. The van der Waals surface area contributed by atoms with E-state index in [1.165, 1.54) is 17.3 Å². The largest absolute Gasteiger partial charge is 0.493 e. The van der Waals surface area contributed by atoms with Crippen molar-refractivity contribution in [3.05, 3.63) is 76.4 Å². The van der Waals surface area contributed by atoms with Crippen LogP contribution in [0.1, 0.15) is 20.3 Å². The van der Waals surface area contributed by atoms with Gasteiger partial charge in [-0.2, -0.15) is 5.10 Å². The summed E-state index contributed by atoms with van der Waals surface area (Å²) in [5.74, 6) is 0.225. The Morgan fingerprint density at radius 2 is 1.72 bits per heavy atom. The number of carbonyl (C=O) groups is 1. The average Bonchev–Trinajstić information content (AvgIpc) is 3.40. The molecule has 0 aliphatic rings. The van der Waals surface area contributed by atoms with Crippen LogP contribution < -0.4 is 20.8 Å². The minimum atomic E-state index is -0.968. The summed E-state index contributed by atoms with van der Waals surface area (Å²) in [4.78, 5) is 22.3. The van der Waals surface area contributed by atoms with Gasteiger partial charge in [0.25, 0.3) is 5.56 Å². The zero-order valence-electron chi connectivity index (χ0n) is 22.2. The van der Waals surface area contributed by atoms with Gasteiger partial charge in [-0.3, -0.25) is 14.2 Å². The molecule has 0 saturated heterocycles. The molecule has 3 N–H and O–H groups in total. The summed E-state index contributed by atoms with van der Waals surface area (Å²) in [6.45, 7) is 4.53. The molecule has 208 valence electrons. The van der Waals surface area contributed by atoms with Gasteiger partial charge in [0.1, 0.15) is 11.8 Å². The molecular formula is C28H34ClN4O5P. The van der Waals surface area contributed by atoms with Crippen molar-refractivity contribution in [2.75, 3.05) is 26.4 Å². The molecule has 0 aliphatic carbocycles. The Morgan fingerprint density at radius 1 is 1.10 bits per heavy atom. The van der Waals surface area contributed by atoms with Gasteiger partial charge in [0.15, 0.2) is 11.5 Å². The van der Waals surface area contributed by atoms with Gasteiger partial charge in [-0.25, -0.2) is 4.52 Å². The van der Waals surface area contributed by atoms with Crippen LogP contribution in [0.5, 0.6) is 11.5 Å². The number of hydrogen-bond acceptors (Lipinski definition) is 6. The van der Waals surface area contributed by atoms with Gasteiger partial charge in [-0.05, 0) is 42.1 Å². The molecule has 2 heterocycles. The number of aromatic nitrogens is 3. The summed E-state index contributed by atoms with van der Waals surface area (Å²) >= 11 is 5.96. The van der Waals surface area contributed by atoms with Crippen LogP contribution in [0.25, 0.3) is 22.3 Å². The summed E-state index contributed by atoms with van der Waals surface area (Å²) in [5.41, 5.74) is 7.36. The van der Waals surface area contributed by atoms with E-state index < -0.39 is 5.97 Å². The van der Waals surface area contributed by atoms with Crippen LogP contribution in [0.3, 0.4) is 0 Å². The van der Waals surface area contributed by atoms with Crippen LogP contribution in [0.2, 0.25) is 5.02 Å². The number of fused-ring (bicyclic) bond motifs is 1. The smallest absolute Gasteiger partial charge is 0.317 e. The van der Waals surface area contributed by atoms with Crippen molar-refractivity contribution >= 4 is 32.3 Å². The predicted molar refractivity (Wildman–Crippen MR) is 160 cm³/mol. The second-order valence-electron chi connectivity index (χ2n) is 7.65. The standard InChI is InChI=1S/C21H19ClN3O3P.C3H8.C2H5NO2.C2H2/c1-27-20-11-17(6-7-19(20)28-8-9-29)24-13-23-25-12-15(10-18(25)21(24)26)14-2-4-16(22)5-3-14;1-3-2;3-1-2(4)5;1-2/h2-7,10-13H,8-9,29H2,1H3;3H2,1-2H3;1,3H2,(H,4,5);1-2H. The van der Waals surface area contributed by atoms with Gasteiger partial charge < -0.3 is 20.3 Å². The molecule has 1 atom stereocenters. The van der Waals surface area contributed by atoms with E-state index in [9.17, 15) is 9.59 Å². The number of carboxylic acids is 1. The number of methoxy groups -OCH3 is 1. The number of carboxylic acid groups (broad SMARTS) is 1. The fourth-order valence-electron chi connectivity index (χ4n) is 3.07. The first kappa shape index (κ1) is 33.2. The fourth-order valence-corrected chi connectivity index (χ4v) is 3.31. The highest BCUT2D eigenvalue weighted by Gasteiger charge is 2.12. The molecule has 0 aliphatic heterocycles. The Morgan fingerprint density at radius 3 is 2.26 bits per heavy atom. The minimum Gasteiger partial charge on any atom is -0.493 e. The topological polar surface area (TPSA) is 121 Å². The number of halogens is 1. The number of terminal acetylenes is 1. The lowest BCUT2D eigenvalue weighted by molar-refractivity contribution is -0.135. The Bertz CT molecular complexity index is 1400. The maximum Gasteiger partial charge on any atom is 0.317 e. The highest BCUT2D eigenvalue weighted by molar-refractivity contribution is 7.16. The monoisotopic (exact) mass is 572 g/mol. The molecule has 0 fully saturated rings. The lowest BCUT2D eigenvalue weighted by Gasteiger charge is -2.12. The first-order valence-electron chi connectivity index (χ1n) is 11.9. The van der Waals surface area contributed by atoms with E-state index in [0.717, 1.165) is 17.3 Å². The molecule has 2 aromatic carbocycles. The molecule has 4 aromatic rings. The summed E-state index contributed by atoms with van der Waals surface area (Å²) in [5, 5.41) is 12.6. The van der Waals surface area contributed by atoms with Crippen LogP contribution in [0.15, 0.2) is 65.8 Å². The van der Waals surface area contributed by atoms with Crippen molar-refractivity contribution in [2.24, 2.45) is 5.73 Å². The quantitative estimate of drug-likeness (QED) is 0.242. The maximum atomic E-state index is 13.1. The molecule has 0 saturated carbocycles. The van der Waals surface area contributed by atoms with E-state index in [2.05, 4.69) is 46.8 Å². The molecule has 11 heteroatoms. The second kappa shape index (κ2) is 17.6. The first-order valence-corrected chi connectivity index (χ1v) is 13.1. The highest BCUT2D eigenvalue weighted by atomic mass is 35.5. The predicted octanol–water partition coefficient (Wildman–Crippen LogP) is 4.76. The van der Waals surface area contributed by atoms with Gasteiger partial charge >= 0.3 is 5.97 Å². The molecule has 4 rings (SSSR count). The van der Waals surface area contributed by atoms with Crippen molar-refractivity contribution in [1.82, 2.24) is 14.2 Å². The van der Waals surface area contributed by atoms with E-state index in [1.807, 2.05) is 42.6 Å². The van der Waals surface area contributed by atoms with Crippen molar-refractivity contribution < 1.29 is 19.4 Å². The van der Waals surface area contributed by atoms with E-state index in [4.69, 9.17) is 26.2 Å². The number of nitrogens with two attached hydrogens (primary N) is 1.